The molecule has 1 amide bonds. The van der Waals surface area contributed by atoms with Gasteiger partial charge in [-0.05, 0) is 56.5 Å². The van der Waals surface area contributed by atoms with Crippen LogP contribution in [-0.4, -0.2) is 18.6 Å². The molecule has 144 valence electrons. The van der Waals surface area contributed by atoms with Gasteiger partial charge in [-0.15, -0.1) is 0 Å². The number of carbonyl (C=O) groups is 1. The maximum Gasteiger partial charge on any atom is 0.251 e. The second-order valence-electron chi connectivity index (χ2n) is 7.12. The third kappa shape index (κ3) is 5.25. The van der Waals surface area contributed by atoms with Gasteiger partial charge in [-0.2, -0.15) is 0 Å². The van der Waals surface area contributed by atoms with Gasteiger partial charge < -0.3 is 14.8 Å². The van der Waals surface area contributed by atoms with Gasteiger partial charge >= 0.3 is 0 Å². The van der Waals surface area contributed by atoms with Crippen molar-refractivity contribution >= 4 is 5.91 Å². The lowest BCUT2D eigenvalue weighted by Crippen LogP contribution is -2.36. The summed E-state index contributed by atoms with van der Waals surface area (Å²) >= 11 is 0. The van der Waals surface area contributed by atoms with Crippen LogP contribution >= 0.6 is 0 Å². The average Bonchev–Trinajstić information content (AvgIpc) is 2.69. The van der Waals surface area contributed by atoms with Crippen LogP contribution in [0.2, 0.25) is 0 Å². The molecule has 3 rings (SSSR count). The predicted molar refractivity (Wildman–Crippen MR) is 107 cm³/mol. The maximum atomic E-state index is 12.7. The lowest BCUT2D eigenvalue weighted by atomic mass is 9.95. The predicted octanol–water partition coefficient (Wildman–Crippen LogP) is 5.04. The zero-order valence-corrected chi connectivity index (χ0v) is 16.3. The maximum absolute atomic E-state index is 12.7. The van der Waals surface area contributed by atoms with E-state index in [-0.39, 0.29) is 5.91 Å². The Morgan fingerprint density at radius 1 is 1.04 bits per heavy atom. The first kappa shape index (κ1) is 19.3. The SMILES string of the molecule is CCOc1ccc(C(=O)NC2CCCCC2)cc1COc1ccccc1C. The Balaban J connectivity index is 1.73. The monoisotopic (exact) mass is 367 g/mol. The molecular weight excluding hydrogens is 338 g/mol. The summed E-state index contributed by atoms with van der Waals surface area (Å²) in [5.74, 6) is 1.60. The minimum absolute atomic E-state index is 0.0120. The number of hydrogen-bond acceptors (Lipinski definition) is 3. The lowest BCUT2D eigenvalue weighted by molar-refractivity contribution is 0.0927. The smallest absolute Gasteiger partial charge is 0.251 e. The first-order chi connectivity index (χ1) is 13.2. The van der Waals surface area contributed by atoms with Crippen LogP contribution < -0.4 is 14.8 Å². The number of hydrogen-bond donors (Lipinski definition) is 1. The van der Waals surface area contributed by atoms with Crippen LogP contribution in [0, 0.1) is 6.92 Å². The summed E-state index contributed by atoms with van der Waals surface area (Å²) in [5, 5.41) is 3.18. The molecular formula is C23H29NO3. The van der Waals surface area contributed by atoms with Crippen molar-refractivity contribution in [2.24, 2.45) is 0 Å². The fraction of sp³-hybridized carbons (Fsp3) is 0.435. The van der Waals surface area contributed by atoms with Crippen LogP contribution in [0.3, 0.4) is 0 Å². The van der Waals surface area contributed by atoms with E-state index in [1.807, 2.05) is 56.3 Å². The fourth-order valence-corrected chi connectivity index (χ4v) is 3.52. The highest BCUT2D eigenvalue weighted by Crippen LogP contribution is 2.25. The van der Waals surface area contributed by atoms with E-state index in [0.717, 1.165) is 35.5 Å². The van der Waals surface area contributed by atoms with Crippen LogP contribution in [0.1, 0.15) is 60.5 Å². The van der Waals surface area contributed by atoms with Gasteiger partial charge in [-0.3, -0.25) is 4.79 Å². The number of para-hydroxylation sites is 1. The van der Waals surface area contributed by atoms with Crippen LogP contribution in [0.15, 0.2) is 42.5 Å². The standard InChI is InChI=1S/C23H29NO3/c1-3-26-22-14-13-18(23(25)24-20-10-5-4-6-11-20)15-19(22)16-27-21-12-8-7-9-17(21)2/h7-9,12-15,20H,3-6,10-11,16H2,1-2H3,(H,24,25). The van der Waals surface area contributed by atoms with E-state index in [4.69, 9.17) is 9.47 Å². The molecule has 0 aromatic heterocycles. The summed E-state index contributed by atoms with van der Waals surface area (Å²) < 4.78 is 11.7. The molecule has 0 unspecified atom stereocenters. The Morgan fingerprint density at radius 2 is 1.81 bits per heavy atom. The van der Waals surface area contributed by atoms with Crippen molar-refractivity contribution in [2.45, 2.75) is 58.6 Å². The Hall–Kier alpha value is -2.49. The second-order valence-corrected chi connectivity index (χ2v) is 7.12. The second kappa shape index (κ2) is 9.45. The minimum Gasteiger partial charge on any atom is -0.493 e. The number of aryl methyl sites for hydroxylation is 1. The first-order valence-electron chi connectivity index (χ1n) is 9.92. The average molecular weight is 367 g/mol. The fourth-order valence-electron chi connectivity index (χ4n) is 3.52. The number of benzene rings is 2. The van der Waals surface area contributed by atoms with Crippen LogP contribution in [0.4, 0.5) is 0 Å². The molecule has 0 aliphatic heterocycles. The van der Waals surface area contributed by atoms with Gasteiger partial charge in [0.25, 0.3) is 5.91 Å². The molecule has 1 aliphatic carbocycles. The van der Waals surface area contributed by atoms with Crippen molar-refractivity contribution in [1.82, 2.24) is 5.32 Å². The van der Waals surface area contributed by atoms with Crippen LogP contribution in [0.25, 0.3) is 0 Å². The van der Waals surface area contributed by atoms with E-state index in [9.17, 15) is 4.79 Å². The Labute approximate surface area is 161 Å². The van der Waals surface area contributed by atoms with Crippen molar-refractivity contribution in [2.75, 3.05) is 6.61 Å². The third-order valence-electron chi connectivity index (χ3n) is 5.04. The summed E-state index contributed by atoms with van der Waals surface area (Å²) in [6.45, 7) is 4.91. The quantitative estimate of drug-likeness (QED) is 0.746. The van der Waals surface area contributed by atoms with Crippen molar-refractivity contribution < 1.29 is 14.3 Å². The molecule has 0 bridgehead atoms. The first-order valence-corrected chi connectivity index (χ1v) is 9.92. The number of nitrogens with one attached hydrogen (secondary N) is 1. The Bertz CT molecular complexity index is 766. The highest BCUT2D eigenvalue weighted by molar-refractivity contribution is 5.94. The van der Waals surface area contributed by atoms with E-state index in [1.165, 1.54) is 19.3 Å². The van der Waals surface area contributed by atoms with Gasteiger partial charge in [-0.25, -0.2) is 0 Å². The van der Waals surface area contributed by atoms with Gasteiger partial charge in [0.1, 0.15) is 18.1 Å². The summed E-state index contributed by atoms with van der Waals surface area (Å²) in [5.41, 5.74) is 2.63. The molecule has 1 saturated carbocycles. The van der Waals surface area contributed by atoms with Gasteiger partial charge in [0, 0.05) is 17.2 Å². The van der Waals surface area contributed by atoms with Crippen molar-refractivity contribution in [3.63, 3.8) is 0 Å². The summed E-state index contributed by atoms with van der Waals surface area (Å²) in [6.07, 6.45) is 5.82. The van der Waals surface area contributed by atoms with Crippen LogP contribution in [0.5, 0.6) is 11.5 Å². The number of ether oxygens (including phenoxy) is 2. The normalized spacial score (nSPS) is 14.6. The largest absolute Gasteiger partial charge is 0.493 e. The molecule has 27 heavy (non-hydrogen) atoms. The lowest BCUT2D eigenvalue weighted by Gasteiger charge is -2.23. The molecule has 0 radical (unpaired) electrons. The number of rotatable bonds is 7. The molecule has 1 aliphatic rings. The summed E-state index contributed by atoms with van der Waals surface area (Å²) in [7, 11) is 0. The van der Waals surface area contributed by atoms with Crippen molar-refractivity contribution in [3.8, 4) is 11.5 Å². The van der Waals surface area contributed by atoms with Gasteiger partial charge in [0.15, 0.2) is 0 Å². The van der Waals surface area contributed by atoms with E-state index in [2.05, 4.69) is 5.32 Å². The van der Waals surface area contributed by atoms with E-state index < -0.39 is 0 Å². The molecule has 0 atom stereocenters. The van der Waals surface area contributed by atoms with Gasteiger partial charge in [-0.1, -0.05) is 37.5 Å². The summed E-state index contributed by atoms with van der Waals surface area (Å²) in [4.78, 5) is 12.7. The molecule has 0 saturated heterocycles. The molecule has 1 N–H and O–H groups in total. The van der Waals surface area contributed by atoms with E-state index in [0.29, 0.717) is 24.8 Å². The number of carbonyl (C=O) groups excluding carboxylic acids is 1. The number of amides is 1. The molecule has 2 aromatic rings. The molecule has 2 aromatic carbocycles. The Kier molecular flexibility index (Phi) is 6.74. The van der Waals surface area contributed by atoms with Crippen molar-refractivity contribution in [3.05, 3.63) is 59.2 Å². The topological polar surface area (TPSA) is 47.6 Å². The van der Waals surface area contributed by atoms with E-state index >= 15 is 0 Å². The Morgan fingerprint density at radius 3 is 2.56 bits per heavy atom. The highest BCUT2D eigenvalue weighted by atomic mass is 16.5. The molecule has 0 heterocycles. The van der Waals surface area contributed by atoms with Crippen molar-refractivity contribution in [1.29, 1.82) is 0 Å². The van der Waals surface area contributed by atoms with Crippen LogP contribution in [-0.2, 0) is 6.61 Å². The van der Waals surface area contributed by atoms with Gasteiger partial charge in [0.2, 0.25) is 0 Å². The summed E-state index contributed by atoms with van der Waals surface area (Å²) in [6, 6.07) is 13.8. The molecule has 4 heteroatoms. The molecule has 4 nitrogen and oxygen atoms in total. The van der Waals surface area contributed by atoms with Gasteiger partial charge in [0.05, 0.1) is 6.61 Å². The molecule has 1 fully saturated rings. The van der Waals surface area contributed by atoms with E-state index in [1.54, 1.807) is 0 Å². The zero-order valence-electron chi connectivity index (χ0n) is 16.3. The third-order valence-corrected chi connectivity index (χ3v) is 5.04. The zero-order chi connectivity index (χ0) is 19.1. The minimum atomic E-state index is -0.0120. The highest BCUT2D eigenvalue weighted by Gasteiger charge is 2.18. The molecule has 0 spiro atoms.